The summed E-state index contributed by atoms with van der Waals surface area (Å²) in [5, 5.41) is 3.35. The summed E-state index contributed by atoms with van der Waals surface area (Å²) < 4.78 is 5.45. The molecule has 6 nitrogen and oxygen atoms in total. The molecule has 1 amide bonds. The number of carbonyl (C=O) groups excluding carboxylic acids is 1. The van der Waals surface area contributed by atoms with Gasteiger partial charge in [0, 0.05) is 62.2 Å². The van der Waals surface area contributed by atoms with Gasteiger partial charge in [0.2, 0.25) is 0 Å². The molecule has 2 aromatic carbocycles. The van der Waals surface area contributed by atoms with Crippen LogP contribution in [-0.2, 0) is 24.0 Å². The predicted octanol–water partition coefficient (Wildman–Crippen LogP) is 3.12. The van der Waals surface area contributed by atoms with Gasteiger partial charge in [-0.1, -0.05) is 13.0 Å². The number of nitrogens with one attached hydrogen (secondary N) is 1. The fourth-order valence-electron chi connectivity index (χ4n) is 5.65. The molecule has 0 spiro atoms. The lowest BCUT2D eigenvalue weighted by Gasteiger charge is -2.38. The van der Waals surface area contributed by atoms with Crippen LogP contribution in [0.2, 0.25) is 0 Å². The Morgan fingerprint density at radius 1 is 0.941 bits per heavy atom. The first-order valence-corrected chi connectivity index (χ1v) is 12.9. The number of fused-ring (bicyclic) bond motifs is 1. The Balaban J connectivity index is 1.29. The monoisotopic (exact) mass is 462 g/mol. The van der Waals surface area contributed by atoms with E-state index in [0.717, 1.165) is 89.4 Å². The number of piperazine rings is 1. The van der Waals surface area contributed by atoms with Crippen LogP contribution in [0.1, 0.15) is 40.4 Å². The predicted molar refractivity (Wildman–Crippen MR) is 138 cm³/mol. The van der Waals surface area contributed by atoms with E-state index in [1.807, 2.05) is 12.1 Å². The van der Waals surface area contributed by atoms with Gasteiger partial charge < -0.3 is 24.8 Å². The van der Waals surface area contributed by atoms with Gasteiger partial charge >= 0.3 is 0 Å². The van der Waals surface area contributed by atoms with E-state index in [9.17, 15) is 4.79 Å². The molecule has 34 heavy (non-hydrogen) atoms. The van der Waals surface area contributed by atoms with E-state index < -0.39 is 0 Å². The average Bonchev–Trinajstić information content (AvgIpc) is 2.89. The smallest absolute Gasteiger partial charge is 0.251 e. The number of amides is 1. The van der Waals surface area contributed by atoms with Crippen LogP contribution < -0.4 is 15.1 Å². The first-order chi connectivity index (χ1) is 16.6. The molecule has 1 aliphatic carbocycles. The number of ether oxygens (including phenoxy) is 1. The molecule has 1 N–H and O–H groups in total. The topological polar surface area (TPSA) is 48.0 Å². The van der Waals surface area contributed by atoms with Crippen LogP contribution in [-0.4, -0.2) is 76.4 Å². The summed E-state index contributed by atoms with van der Waals surface area (Å²) in [6.45, 7) is 9.94. The van der Waals surface area contributed by atoms with Crippen LogP contribution in [0.15, 0.2) is 36.4 Å². The van der Waals surface area contributed by atoms with Crippen molar-refractivity contribution >= 4 is 17.3 Å². The summed E-state index contributed by atoms with van der Waals surface area (Å²) in [5.41, 5.74) is 7.74. The first kappa shape index (κ1) is 23.2. The number of hydrogen-bond donors (Lipinski definition) is 1. The number of anilines is 2. The highest BCUT2D eigenvalue weighted by molar-refractivity contribution is 5.94. The van der Waals surface area contributed by atoms with Crippen molar-refractivity contribution in [2.24, 2.45) is 0 Å². The van der Waals surface area contributed by atoms with Gasteiger partial charge in [-0.25, -0.2) is 0 Å². The Kier molecular flexibility index (Phi) is 7.07. The molecule has 2 fully saturated rings. The number of likely N-dealkylation sites (N-methyl/N-ethyl adjacent to an activating group) is 1. The van der Waals surface area contributed by atoms with E-state index in [0.29, 0.717) is 0 Å². The van der Waals surface area contributed by atoms with E-state index in [-0.39, 0.29) is 11.9 Å². The van der Waals surface area contributed by atoms with E-state index in [1.54, 1.807) is 0 Å². The molecule has 5 rings (SSSR count). The number of morpholine rings is 1. The van der Waals surface area contributed by atoms with Gasteiger partial charge in [0.1, 0.15) is 0 Å². The largest absolute Gasteiger partial charge is 0.378 e. The molecule has 0 unspecified atom stereocenters. The number of benzene rings is 2. The van der Waals surface area contributed by atoms with Gasteiger partial charge in [0.05, 0.1) is 13.2 Å². The number of carbonyl (C=O) groups is 1. The molecule has 0 aromatic heterocycles. The van der Waals surface area contributed by atoms with Crippen LogP contribution in [0.3, 0.4) is 0 Å². The number of nitrogens with zero attached hydrogens (tertiary/aromatic N) is 3. The maximum Gasteiger partial charge on any atom is 0.251 e. The number of aryl methyl sites for hydroxylation is 1. The maximum atomic E-state index is 13.1. The third kappa shape index (κ3) is 4.93. The molecule has 3 aliphatic rings. The molecule has 182 valence electrons. The normalized spacial score (nSPS) is 21.3. The summed E-state index contributed by atoms with van der Waals surface area (Å²) in [5.74, 6) is 0.0368. The Morgan fingerprint density at radius 2 is 1.68 bits per heavy atom. The Labute approximate surface area is 203 Å². The highest BCUT2D eigenvalue weighted by atomic mass is 16.5. The van der Waals surface area contributed by atoms with Crippen molar-refractivity contribution in [2.45, 2.75) is 38.6 Å². The minimum Gasteiger partial charge on any atom is -0.378 e. The van der Waals surface area contributed by atoms with Crippen LogP contribution in [0, 0.1) is 0 Å². The van der Waals surface area contributed by atoms with Gasteiger partial charge in [0.25, 0.3) is 5.91 Å². The molecule has 0 bridgehead atoms. The highest BCUT2D eigenvalue weighted by Gasteiger charge is 2.27. The standard InChI is InChI=1S/C28H38N4O2/c1-3-21-6-11-27(32-14-12-30(2)13-15-32)26-20-23(7-10-25(21)26)29-28(33)22-4-8-24(9-5-22)31-16-18-34-19-17-31/h4-6,8-9,11,23H,3,7,10,12-20H2,1-2H3,(H,29,33)/t23-/m1/s1. The third-order valence-corrected chi connectivity index (χ3v) is 7.76. The second-order valence-corrected chi connectivity index (χ2v) is 9.90. The number of hydrogen-bond acceptors (Lipinski definition) is 5. The van der Waals surface area contributed by atoms with Crippen molar-refractivity contribution in [3.05, 3.63) is 58.7 Å². The second kappa shape index (κ2) is 10.4. The third-order valence-electron chi connectivity index (χ3n) is 7.76. The Morgan fingerprint density at radius 3 is 2.38 bits per heavy atom. The quantitative estimate of drug-likeness (QED) is 0.740. The van der Waals surface area contributed by atoms with Crippen molar-refractivity contribution in [1.29, 1.82) is 0 Å². The van der Waals surface area contributed by atoms with E-state index in [2.05, 4.69) is 58.3 Å². The zero-order valence-corrected chi connectivity index (χ0v) is 20.7. The lowest BCUT2D eigenvalue weighted by Crippen LogP contribution is -2.45. The van der Waals surface area contributed by atoms with Crippen molar-refractivity contribution < 1.29 is 9.53 Å². The van der Waals surface area contributed by atoms with Gasteiger partial charge in [-0.05, 0) is 79.8 Å². The summed E-state index contributed by atoms with van der Waals surface area (Å²) in [7, 11) is 2.20. The Bertz CT molecular complexity index is 992. The lowest BCUT2D eigenvalue weighted by molar-refractivity contribution is 0.0933. The van der Waals surface area contributed by atoms with Gasteiger partial charge in [-0.15, -0.1) is 0 Å². The van der Waals surface area contributed by atoms with Gasteiger partial charge in [-0.3, -0.25) is 4.79 Å². The molecule has 0 radical (unpaired) electrons. The fourth-order valence-corrected chi connectivity index (χ4v) is 5.65. The van der Waals surface area contributed by atoms with Gasteiger partial charge in [0.15, 0.2) is 0 Å². The van der Waals surface area contributed by atoms with Crippen LogP contribution >= 0.6 is 0 Å². The minimum atomic E-state index is 0.0368. The fraction of sp³-hybridized carbons (Fsp3) is 0.536. The maximum absolute atomic E-state index is 13.1. The molecule has 2 saturated heterocycles. The zero-order chi connectivity index (χ0) is 23.5. The minimum absolute atomic E-state index is 0.0368. The van der Waals surface area contributed by atoms with Gasteiger partial charge in [-0.2, -0.15) is 0 Å². The first-order valence-electron chi connectivity index (χ1n) is 12.9. The van der Waals surface area contributed by atoms with E-state index >= 15 is 0 Å². The average molecular weight is 463 g/mol. The second-order valence-electron chi connectivity index (χ2n) is 9.90. The molecule has 0 saturated carbocycles. The van der Waals surface area contributed by atoms with Crippen molar-refractivity contribution in [2.75, 3.05) is 69.3 Å². The molecular formula is C28H38N4O2. The SMILES string of the molecule is CCc1ccc(N2CCN(C)CC2)c2c1CC[C@@H](NC(=O)c1ccc(N3CCOCC3)cc1)C2. The van der Waals surface area contributed by atoms with Crippen molar-refractivity contribution in [1.82, 2.24) is 10.2 Å². The van der Waals surface area contributed by atoms with Crippen molar-refractivity contribution in [3.8, 4) is 0 Å². The molecule has 2 aliphatic heterocycles. The highest BCUT2D eigenvalue weighted by Crippen LogP contribution is 2.34. The lowest BCUT2D eigenvalue weighted by atomic mass is 9.83. The molecule has 6 heteroatoms. The van der Waals surface area contributed by atoms with Crippen LogP contribution in [0.5, 0.6) is 0 Å². The molecule has 2 aromatic rings. The summed E-state index contributed by atoms with van der Waals surface area (Å²) in [6, 6.07) is 12.9. The van der Waals surface area contributed by atoms with Crippen LogP contribution in [0.4, 0.5) is 11.4 Å². The Hall–Kier alpha value is -2.57. The summed E-state index contributed by atoms with van der Waals surface area (Å²) >= 11 is 0. The molecule has 1 atom stereocenters. The summed E-state index contributed by atoms with van der Waals surface area (Å²) in [4.78, 5) is 20.4. The summed E-state index contributed by atoms with van der Waals surface area (Å²) in [6.07, 6.45) is 4.03. The van der Waals surface area contributed by atoms with Crippen LogP contribution in [0.25, 0.3) is 0 Å². The van der Waals surface area contributed by atoms with E-state index in [4.69, 9.17) is 4.74 Å². The molecular weight excluding hydrogens is 424 g/mol. The number of rotatable bonds is 5. The van der Waals surface area contributed by atoms with Crippen molar-refractivity contribution in [3.63, 3.8) is 0 Å². The molecule has 2 heterocycles. The zero-order valence-electron chi connectivity index (χ0n) is 20.7. The van der Waals surface area contributed by atoms with E-state index in [1.165, 1.54) is 22.4 Å².